The highest BCUT2D eigenvalue weighted by molar-refractivity contribution is 5.73. The largest absolute Gasteiger partial charge is 0.378 e. The van der Waals surface area contributed by atoms with E-state index < -0.39 is 5.91 Å². The zero-order valence-corrected chi connectivity index (χ0v) is 10.6. The average Bonchev–Trinajstić information content (AvgIpc) is 2.77. The van der Waals surface area contributed by atoms with E-state index in [1.807, 2.05) is 6.92 Å². The van der Waals surface area contributed by atoms with Gasteiger partial charge in [-0.3, -0.25) is 9.48 Å². The quantitative estimate of drug-likeness (QED) is 0.856. The Morgan fingerprint density at radius 1 is 1.53 bits per heavy atom. The van der Waals surface area contributed by atoms with Crippen molar-refractivity contribution in [2.24, 2.45) is 5.73 Å². The molecule has 0 aliphatic rings. The second-order valence-corrected chi connectivity index (χ2v) is 4.32. The van der Waals surface area contributed by atoms with Crippen molar-refractivity contribution in [3.8, 4) is 0 Å². The molecule has 2 rings (SSSR count). The van der Waals surface area contributed by atoms with Crippen molar-refractivity contribution in [3.63, 3.8) is 0 Å². The van der Waals surface area contributed by atoms with E-state index in [0.29, 0.717) is 6.54 Å². The van der Waals surface area contributed by atoms with E-state index in [9.17, 15) is 9.18 Å². The summed E-state index contributed by atoms with van der Waals surface area (Å²) in [6, 6.07) is 4.67. The van der Waals surface area contributed by atoms with Crippen LogP contribution in [0.25, 0.3) is 0 Å². The molecule has 0 atom stereocenters. The maximum atomic E-state index is 13.1. The summed E-state index contributed by atoms with van der Waals surface area (Å²) in [5.41, 5.74) is 7.72. The summed E-state index contributed by atoms with van der Waals surface area (Å²) in [6.07, 6.45) is 3.27. The molecule has 100 valence electrons. The van der Waals surface area contributed by atoms with E-state index >= 15 is 0 Å². The Balaban J connectivity index is 2.00. The smallest absolute Gasteiger partial charge is 0.239 e. The molecule has 0 aliphatic carbocycles. The van der Waals surface area contributed by atoms with Gasteiger partial charge in [-0.05, 0) is 30.2 Å². The number of nitrogens with zero attached hydrogens (tertiary/aromatic N) is 2. The van der Waals surface area contributed by atoms with E-state index in [1.165, 1.54) is 16.8 Å². The number of hydrogen-bond acceptors (Lipinski definition) is 3. The third kappa shape index (κ3) is 3.54. The van der Waals surface area contributed by atoms with Crippen molar-refractivity contribution in [2.45, 2.75) is 20.0 Å². The van der Waals surface area contributed by atoms with Crippen LogP contribution in [-0.2, 0) is 17.9 Å². The number of carbonyl (C=O) groups is 1. The lowest BCUT2D eigenvalue weighted by Gasteiger charge is -2.07. The lowest BCUT2D eigenvalue weighted by atomic mass is 10.1. The fraction of sp³-hybridized carbons (Fsp3) is 0.231. The molecule has 0 spiro atoms. The van der Waals surface area contributed by atoms with Crippen LogP contribution >= 0.6 is 0 Å². The Labute approximate surface area is 110 Å². The number of nitrogens with one attached hydrogen (secondary N) is 1. The molecule has 19 heavy (non-hydrogen) atoms. The number of hydrogen-bond donors (Lipinski definition) is 2. The lowest BCUT2D eigenvalue weighted by molar-refractivity contribution is -0.118. The second kappa shape index (κ2) is 5.51. The van der Waals surface area contributed by atoms with Crippen LogP contribution in [0, 0.1) is 12.7 Å². The molecule has 1 aromatic heterocycles. The van der Waals surface area contributed by atoms with Crippen LogP contribution in [0.5, 0.6) is 0 Å². The summed E-state index contributed by atoms with van der Waals surface area (Å²) >= 11 is 0. The lowest BCUT2D eigenvalue weighted by Crippen LogP contribution is -2.18. The van der Waals surface area contributed by atoms with Crippen LogP contribution in [0.4, 0.5) is 10.1 Å². The molecule has 1 aromatic carbocycles. The number of rotatable bonds is 5. The van der Waals surface area contributed by atoms with Crippen molar-refractivity contribution in [1.82, 2.24) is 9.78 Å². The zero-order chi connectivity index (χ0) is 13.8. The van der Waals surface area contributed by atoms with E-state index in [-0.39, 0.29) is 12.4 Å². The highest BCUT2D eigenvalue weighted by atomic mass is 19.1. The third-order valence-electron chi connectivity index (χ3n) is 2.75. The molecule has 2 aromatic rings. The molecule has 1 heterocycles. The number of benzene rings is 1. The van der Waals surface area contributed by atoms with Gasteiger partial charge in [0, 0.05) is 12.7 Å². The summed E-state index contributed by atoms with van der Waals surface area (Å²) in [5.74, 6) is -0.706. The van der Waals surface area contributed by atoms with Crippen LogP contribution in [0.3, 0.4) is 0 Å². The minimum absolute atomic E-state index is 0.0423. The Morgan fingerprint density at radius 2 is 2.32 bits per heavy atom. The van der Waals surface area contributed by atoms with E-state index in [1.54, 1.807) is 18.5 Å². The molecule has 0 radical (unpaired) electrons. The predicted molar refractivity (Wildman–Crippen MR) is 69.9 cm³/mol. The van der Waals surface area contributed by atoms with Gasteiger partial charge in [0.2, 0.25) is 5.91 Å². The highest BCUT2D eigenvalue weighted by Crippen LogP contribution is 2.13. The van der Waals surface area contributed by atoms with Crippen molar-refractivity contribution < 1.29 is 9.18 Å². The molecular formula is C13H15FN4O. The molecule has 0 aliphatic heterocycles. The fourth-order valence-electron chi connectivity index (χ4n) is 1.73. The molecule has 0 saturated heterocycles. The molecule has 3 N–H and O–H groups in total. The molecule has 0 bridgehead atoms. The van der Waals surface area contributed by atoms with Gasteiger partial charge in [-0.15, -0.1) is 0 Å². The van der Waals surface area contributed by atoms with E-state index in [4.69, 9.17) is 5.73 Å². The Bertz CT molecular complexity index is 594. The first-order chi connectivity index (χ1) is 9.04. The fourth-order valence-corrected chi connectivity index (χ4v) is 1.73. The summed E-state index contributed by atoms with van der Waals surface area (Å²) < 4.78 is 14.6. The second-order valence-electron chi connectivity index (χ2n) is 4.32. The number of anilines is 1. The Morgan fingerprint density at radius 3 is 3.05 bits per heavy atom. The van der Waals surface area contributed by atoms with Crippen LogP contribution in [0.2, 0.25) is 0 Å². The number of primary amides is 1. The molecule has 0 fully saturated rings. The van der Waals surface area contributed by atoms with Crippen LogP contribution in [0.1, 0.15) is 11.1 Å². The first-order valence-electron chi connectivity index (χ1n) is 5.84. The predicted octanol–water partition coefficient (Wildman–Crippen LogP) is 1.43. The molecule has 6 heteroatoms. The third-order valence-corrected chi connectivity index (χ3v) is 2.75. The standard InChI is InChI=1S/C13H15FN4O/c1-9-2-3-11(14)4-10(9)5-16-12-6-17-18(7-12)8-13(15)19/h2-4,6-7,16H,5,8H2,1H3,(H2,15,19). The van der Waals surface area contributed by atoms with Gasteiger partial charge in [0.05, 0.1) is 11.9 Å². The van der Waals surface area contributed by atoms with Crippen LogP contribution in [0.15, 0.2) is 30.6 Å². The number of halogens is 1. The van der Waals surface area contributed by atoms with Crippen molar-refractivity contribution in [1.29, 1.82) is 0 Å². The van der Waals surface area contributed by atoms with E-state index in [2.05, 4.69) is 10.4 Å². The highest BCUT2D eigenvalue weighted by Gasteiger charge is 2.03. The van der Waals surface area contributed by atoms with Gasteiger partial charge in [0.1, 0.15) is 12.4 Å². The number of carbonyl (C=O) groups excluding carboxylic acids is 1. The Hall–Kier alpha value is -2.37. The zero-order valence-electron chi connectivity index (χ0n) is 10.6. The average molecular weight is 262 g/mol. The minimum atomic E-state index is -0.448. The Kier molecular flexibility index (Phi) is 3.79. The summed E-state index contributed by atoms with van der Waals surface area (Å²) in [7, 11) is 0. The molecule has 0 saturated carbocycles. The van der Waals surface area contributed by atoms with Gasteiger partial charge in [-0.2, -0.15) is 5.10 Å². The van der Waals surface area contributed by atoms with Crippen LogP contribution < -0.4 is 11.1 Å². The topological polar surface area (TPSA) is 72.9 Å². The number of amides is 1. The van der Waals surface area contributed by atoms with Gasteiger partial charge in [-0.25, -0.2) is 4.39 Å². The normalized spacial score (nSPS) is 10.4. The van der Waals surface area contributed by atoms with Crippen LogP contribution in [-0.4, -0.2) is 15.7 Å². The minimum Gasteiger partial charge on any atom is -0.378 e. The van der Waals surface area contributed by atoms with Gasteiger partial charge < -0.3 is 11.1 Å². The van der Waals surface area contributed by atoms with Crippen molar-refractivity contribution in [2.75, 3.05) is 5.32 Å². The number of aromatic nitrogens is 2. The van der Waals surface area contributed by atoms with Gasteiger partial charge in [-0.1, -0.05) is 6.07 Å². The first kappa shape index (κ1) is 13.1. The summed E-state index contributed by atoms with van der Waals surface area (Å²) in [4.78, 5) is 10.7. The first-order valence-corrected chi connectivity index (χ1v) is 5.84. The van der Waals surface area contributed by atoms with Gasteiger partial charge in [0.15, 0.2) is 0 Å². The SMILES string of the molecule is Cc1ccc(F)cc1CNc1cnn(CC(N)=O)c1. The summed E-state index contributed by atoms with van der Waals surface area (Å²) in [5, 5.41) is 7.11. The van der Waals surface area contributed by atoms with Gasteiger partial charge >= 0.3 is 0 Å². The monoisotopic (exact) mass is 262 g/mol. The molecular weight excluding hydrogens is 247 g/mol. The van der Waals surface area contributed by atoms with Crippen molar-refractivity contribution >= 4 is 11.6 Å². The maximum absolute atomic E-state index is 13.1. The molecule has 1 amide bonds. The van der Waals surface area contributed by atoms with Crippen molar-refractivity contribution in [3.05, 3.63) is 47.5 Å². The van der Waals surface area contributed by atoms with E-state index in [0.717, 1.165) is 16.8 Å². The molecule has 0 unspecified atom stereocenters. The number of aryl methyl sites for hydroxylation is 1. The summed E-state index contributed by atoms with van der Waals surface area (Å²) in [6.45, 7) is 2.46. The maximum Gasteiger partial charge on any atom is 0.239 e. The number of nitrogens with two attached hydrogens (primary N) is 1. The van der Waals surface area contributed by atoms with Gasteiger partial charge in [0.25, 0.3) is 0 Å². The molecule has 5 nitrogen and oxygen atoms in total.